The van der Waals surface area contributed by atoms with Crippen molar-refractivity contribution in [3.8, 4) is 0 Å². The minimum Gasteiger partial charge on any atom is -0.451 e. The first-order chi connectivity index (χ1) is 14.7. The first-order valence-corrected chi connectivity index (χ1v) is 9.56. The fraction of sp³-hybridized carbons (Fsp3) is 0.217. The van der Waals surface area contributed by atoms with Crippen molar-refractivity contribution in [1.29, 1.82) is 0 Å². The van der Waals surface area contributed by atoms with Crippen LogP contribution in [0.1, 0.15) is 18.1 Å². The van der Waals surface area contributed by atoms with Gasteiger partial charge in [-0.3, -0.25) is 14.4 Å². The van der Waals surface area contributed by atoms with Gasteiger partial charge in [-0.25, -0.2) is 4.79 Å². The van der Waals surface area contributed by atoms with Gasteiger partial charge in [0.15, 0.2) is 6.61 Å². The molecule has 0 radical (unpaired) electrons. The van der Waals surface area contributed by atoms with Crippen LogP contribution in [0, 0.1) is 6.92 Å². The standard InChI is InChI=1S/C23H25N3O5/c1-16-9-11-19(12-10-16)25-21(28)14-26(3)22(29)15-31-23(30)20(24-17(2)27)13-18-7-5-4-6-8-18/h4-13H,14-15H2,1-3H3,(H,24,27)(H,25,28)/b20-13-. The van der Waals surface area contributed by atoms with Gasteiger partial charge in [-0.15, -0.1) is 0 Å². The number of anilines is 1. The third-order valence-electron chi connectivity index (χ3n) is 4.11. The van der Waals surface area contributed by atoms with E-state index in [0.29, 0.717) is 11.3 Å². The van der Waals surface area contributed by atoms with Crippen molar-refractivity contribution >= 4 is 35.5 Å². The lowest BCUT2D eigenvalue weighted by molar-refractivity contribution is -0.149. The minimum absolute atomic E-state index is 0.0914. The van der Waals surface area contributed by atoms with Crippen LogP contribution in [0.5, 0.6) is 0 Å². The van der Waals surface area contributed by atoms with E-state index in [0.717, 1.165) is 10.5 Å². The lowest BCUT2D eigenvalue weighted by Gasteiger charge is -2.17. The molecule has 162 valence electrons. The highest BCUT2D eigenvalue weighted by atomic mass is 16.5. The molecule has 0 fully saturated rings. The molecule has 0 saturated carbocycles. The van der Waals surface area contributed by atoms with Crippen LogP contribution in [0.25, 0.3) is 6.08 Å². The van der Waals surface area contributed by atoms with Crippen LogP contribution in [0.4, 0.5) is 5.69 Å². The van der Waals surface area contributed by atoms with E-state index in [1.807, 2.05) is 25.1 Å². The van der Waals surface area contributed by atoms with E-state index in [1.165, 1.54) is 20.0 Å². The number of nitrogens with one attached hydrogen (secondary N) is 2. The molecular weight excluding hydrogens is 398 g/mol. The van der Waals surface area contributed by atoms with Gasteiger partial charge in [-0.2, -0.15) is 0 Å². The maximum atomic E-state index is 12.3. The topological polar surface area (TPSA) is 105 Å². The molecule has 2 rings (SSSR count). The Morgan fingerprint density at radius 3 is 2.26 bits per heavy atom. The van der Waals surface area contributed by atoms with Gasteiger partial charge in [0.1, 0.15) is 5.70 Å². The maximum absolute atomic E-state index is 12.3. The SMILES string of the molecule is CC(=O)N/C(=C\c1ccccc1)C(=O)OCC(=O)N(C)CC(=O)Nc1ccc(C)cc1. The average molecular weight is 423 g/mol. The molecule has 2 aromatic rings. The zero-order chi connectivity index (χ0) is 22.8. The molecule has 0 heterocycles. The van der Waals surface area contributed by atoms with Gasteiger partial charge < -0.3 is 20.3 Å². The second-order valence-corrected chi connectivity index (χ2v) is 6.89. The number of amides is 3. The van der Waals surface area contributed by atoms with Crippen molar-refractivity contribution in [2.24, 2.45) is 0 Å². The highest BCUT2D eigenvalue weighted by Gasteiger charge is 2.18. The highest BCUT2D eigenvalue weighted by molar-refractivity contribution is 5.99. The number of benzene rings is 2. The molecule has 2 N–H and O–H groups in total. The van der Waals surface area contributed by atoms with Crippen molar-refractivity contribution in [3.63, 3.8) is 0 Å². The molecule has 0 aromatic heterocycles. The van der Waals surface area contributed by atoms with E-state index in [-0.39, 0.29) is 18.1 Å². The quantitative estimate of drug-likeness (QED) is 0.500. The van der Waals surface area contributed by atoms with Gasteiger partial charge in [-0.1, -0.05) is 48.0 Å². The number of carbonyl (C=O) groups excluding carboxylic acids is 4. The van der Waals surface area contributed by atoms with E-state index >= 15 is 0 Å². The Morgan fingerprint density at radius 2 is 1.65 bits per heavy atom. The van der Waals surface area contributed by atoms with Crippen molar-refractivity contribution in [2.45, 2.75) is 13.8 Å². The Balaban J connectivity index is 1.90. The van der Waals surface area contributed by atoms with Gasteiger partial charge in [0.2, 0.25) is 11.8 Å². The molecule has 0 saturated heterocycles. The maximum Gasteiger partial charge on any atom is 0.355 e. The predicted octanol–water partition coefficient (Wildman–Crippen LogP) is 2.11. The smallest absolute Gasteiger partial charge is 0.355 e. The molecule has 0 aliphatic carbocycles. The molecular formula is C23H25N3O5. The summed E-state index contributed by atoms with van der Waals surface area (Å²) in [5.74, 6) is -2.25. The first kappa shape index (κ1) is 23.3. The summed E-state index contributed by atoms with van der Waals surface area (Å²) in [6, 6.07) is 16.1. The number of esters is 1. The van der Waals surface area contributed by atoms with Crippen LogP contribution < -0.4 is 10.6 Å². The number of aryl methyl sites for hydroxylation is 1. The molecule has 0 atom stereocenters. The summed E-state index contributed by atoms with van der Waals surface area (Å²) in [6.07, 6.45) is 1.45. The van der Waals surface area contributed by atoms with E-state index in [9.17, 15) is 19.2 Å². The second kappa shape index (κ2) is 11.3. The van der Waals surface area contributed by atoms with E-state index in [1.54, 1.807) is 36.4 Å². The number of rotatable bonds is 8. The summed E-state index contributed by atoms with van der Waals surface area (Å²) in [5, 5.41) is 5.09. The second-order valence-electron chi connectivity index (χ2n) is 6.89. The summed E-state index contributed by atoms with van der Waals surface area (Å²) in [6.45, 7) is 2.42. The van der Waals surface area contributed by atoms with E-state index < -0.39 is 24.4 Å². The number of ether oxygens (including phenoxy) is 1. The molecule has 8 heteroatoms. The Hall–Kier alpha value is -3.94. The molecule has 0 aliphatic heterocycles. The third kappa shape index (κ3) is 8.14. The monoisotopic (exact) mass is 423 g/mol. The van der Waals surface area contributed by atoms with Crippen LogP contribution in [-0.4, -0.2) is 48.8 Å². The minimum atomic E-state index is -0.857. The van der Waals surface area contributed by atoms with E-state index in [4.69, 9.17) is 4.74 Å². The summed E-state index contributed by atoms with van der Waals surface area (Å²) < 4.78 is 5.03. The summed E-state index contributed by atoms with van der Waals surface area (Å²) >= 11 is 0. The Labute approximate surface area is 180 Å². The fourth-order valence-electron chi connectivity index (χ4n) is 2.51. The lowest BCUT2D eigenvalue weighted by atomic mass is 10.2. The molecule has 3 amide bonds. The van der Waals surface area contributed by atoms with Crippen molar-refractivity contribution in [2.75, 3.05) is 25.5 Å². The Bertz CT molecular complexity index is 968. The van der Waals surface area contributed by atoms with Gasteiger partial charge in [0, 0.05) is 19.7 Å². The van der Waals surface area contributed by atoms with Crippen LogP contribution in [0.3, 0.4) is 0 Å². The normalized spacial score (nSPS) is 10.7. The van der Waals surface area contributed by atoms with Gasteiger partial charge in [-0.05, 0) is 30.7 Å². The number of likely N-dealkylation sites (N-methyl/N-ethyl adjacent to an activating group) is 1. The van der Waals surface area contributed by atoms with Gasteiger partial charge >= 0.3 is 5.97 Å². The molecule has 31 heavy (non-hydrogen) atoms. The van der Waals surface area contributed by atoms with Crippen LogP contribution in [0.15, 0.2) is 60.3 Å². The fourth-order valence-corrected chi connectivity index (χ4v) is 2.51. The summed E-state index contributed by atoms with van der Waals surface area (Å²) in [4.78, 5) is 49.3. The largest absolute Gasteiger partial charge is 0.451 e. The van der Waals surface area contributed by atoms with Crippen molar-refractivity contribution in [1.82, 2.24) is 10.2 Å². The summed E-state index contributed by atoms with van der Waals surface area (Å²) in [7, 11) is 1.43. The predicted molar refractivity (Wildman–Crippen MR) is 117 cm³/mol. The zero-order valence-electron chi connectivity index (χ0n) is 17.7. The van der Waals surface area contributed by atoms with Crippen molar-refractivity contribution < 1.29 is 23.9 Å². The average Bonchev–Trinajstić information content (AvgIpc) is 2.73. The molecule has 0 aliphatic rings. The third-order valence-corrected chi connectivity index (χ3v) is 4.11. The highest BCUT2D eigenvalue weighted by Crippen LogP contribution is 2.09. The van der Waals surface area contributed by atoms with Crippen LogP contribution in [0.2, 0.25) is 0 Å². The molecule has 2 aromatic carbocycles. The summed E-state index contributed by atoms with van der Waals surface area (Å²) in [5.41, 5.74) is 2.27. The number of carbonyl (C=O) groups is 4. The molecule has 0 spiro atoms. The van der Waals surface area contributed by atoms with Crippen LogP contribution in [-0.2, 0) is 23.9 Å². The van der Waals surface area contributed by atoms with E-state index in [2.05, 4.69) is 10.6 Å². The van der Waals surface area contributed by atoms with Crippen molar-refractivity contribution in [3.05, 3.63) is 71.4 Å². The molecule has 0 bridgehead atoms. The number of hydrogen-bond donors (Lipinski definition) is 2. The zero-order valence-corrected chi connectivity index (χ0v) is 17.7. The Morgan fingerprint density at radius 1 is 1.00 bits per heavy atom. The number of nitrogens with zero attached hydrogens (tertiary/aromatic N) is 1. The Kier molecular flexibility index (Phi) is 8.51. The first-order valence-electron chi connectivity index (χ1n) is 9.56. The van der Waals surface area contributed by atoms with Crippen LogP contribution >= 0.6 is 0 Å². The number of hydrogen-bond acceptors (Lipinski definition) is 5. The lowest BCUT2D eigenvalue weighted by Crippen LogP contribution is -2.38. The van der Waals surface area contributed by atoms with Gasteiger partial charge in [0.05, 0.1) is 6.54 Å². The molecule has 0 unspecified atom stereocenters. The van der Waals surface area contributed by atoms with Gasteiger partial charge in [0.25, 0.3) is 5.91 Å². The molecule has 8 nitrogen and oxygen atoms in total.